The number of aromatic nitrogens is 2. The van der Waals surface area contributed by atoms with Crippen LogP contribution in [0.2, 0.25) is 0 Å². The molecule has 0 saturated carbocycles. The third-order valence-electron chi connectivity index (χ3n) is 6.90. The summed E-state index contributed by atoms with van der Waals surface area (Å²) in [5.74, 6) is 0.827. The molecule has 182 valence electrons. The normalized spacial score (nSPS) is 13.8. The van der Waals surface area contributed by atoms with Crippen molar-refractivity contribution in [2.45, 2.75) is 33.1 Å². The highest BCUT2D eigenvalue weighted by Crippen LogP contribution is 2.37. The van der Waals surface area contributed by atoms with Gasteiger partial charge >= 0.3 is 0 Å². The SMILES string of the molecule is [2H]c1c([2H])c([2H])c(-c2ccc(-c3cnc(-n4c5ccc(C(C)(C)C)cc5c5ccc(Br)cc54)cc3C)cc2)c([2H])c1[2H]. The van der Waals surface area contributed by atoms with Gasteiger partial charge in [0.25, 0.3) is 0 Å². The Balaban J connectivity index is 1.44. The van der Waals surface area contributed by atoms with Crippen molar-refractivity contribution in [2.24, 2.45) is 0 Å². The molecule has 0 unspecified atom stereocenters. The quantitative estimate of drug-likeness (QED) is 0.214. The first-order chi connectivity index (χ1) is 19.9. The van der Waals surface area contributed by atoms with Crippen molar-refractivity contribution in [1.29, 1.82) is 0 Å². The van der Waals surface area contributed by atoms with Gasteiger partial charge in [0, 0.05) is 27.0 Å². The first kappa shape index (κ1) is 18.5. The van der Waals surface area contributed by atoms with Gasteiger partial charge in [0.1, 0.15) is 5.82 Å². The summed E-state index contributed by atoms with van der Waals surface area (Å²) in [5.41, 5.74) is 7.20. The minimum atomic E-state index is -0.391. The summed E-state index contributed by atoms with van der Waals surface area (Å²) in [4.78, 5) is 4.92. The van der Waals surface area contributed by atoms with Gasteiger partial charge in [0.05, 0.1) is 17.9 Å². The van der Waals surface area contributed by atoms with Crippen molar-refractivity contribution in [3.63, 3.8) is 0 Å². The summed E-state index contributed by atoms with van der Waals surface area (Å²) >= 11 is 3.65. The summed E-state index contributed by atoms with van der Waals surface area (Å²) in [5, 5.41) is 2.36. The predicted molar refractivity (Wildman–Crippen MR) is 161 cm³/mol. The Hall–Kier alpha value is -3.69. The number of nitrogens with zero attached hydrogens (tertiary/aromatic N) is 2. The molecule has 0 spiro atoms. The van der Waals surface area contributed by atoms with E-state index in [9.17, 15) is 0 Å². The van der Waals surface area contributed by atoms with E-state index in [4.69, 9.17) is 11.8 Å². The average molecular weight is 551 g/mol. The maximum atomic E-state index is 8.30. The molecule has 2 heterocycles. The molecule has 0 amide bonds. The Labute approximate surface area is 233 Å². The Morgan fingerprint density at radius 1 is 0.757 bits per heavy atom. The van der Waals surface area contributed by atoms with E-state index in [-0.39, 0.29) is 35.1 Å². The summed E-state index contributed by atoms with van der Waals surface area (Å²) in [6, 6.07) is 21.1. The average Bonchev–Trinajstić information content (AvgIpc) is 3.27. The number of hydrogen-bond donors (Lipinski definition) is 0. The van der Waals surface area contributed by atoms with E-state index in [0.717, 1.165) is 38.0 Å². The van der Waals surface area contributed by atoms with Crippen molar-refractivity contribution < 1.29 is 6.85 Å². The van der Waals surface area contributed by atoms with Gasteiger partial charge in [-0.2, -0.15) is 0 Å². The third kappa shape index (κ3) is 4.28. The van der Waals surface area contributed by atoms with Crippen molar-refractivity contribution in [3.05, 3.63) is 119 Å². The van der Waals surface area contributed by atoms with Crippen LogP contribution in [0.1, 0.15) is 38.8 Å². The van der Waals surface area contributed by atoms with Gasteiger partial charge in [-0.25, -0.2) is 4.98 Å². The highest BCUT2D eigenvalue weighted by atomic mass is 79.9. The molecule has 0 aliphatic heterocycles. The largest absolute Gasteiger partial charge is 0.294 e. The van der Waals surface area contributed by atoms with Gasteiger partial charge in [-0.1, -0.05) is 103 Å². The Morgan fingerprint density at radius 3 is 2.19 bits per heavy atom. The third-order valence-corrected chi connectivity index (χ3v) is 7.40. The fourth-order valence-corrected chi connectivity index (χ4v) is 5.23. The van der Waals surface area contributed by atoms with Crippen molar-refractivity contribution in [3.8, 4) is 28.1 Å². The Bertz CT molecular complexity index is 2010. The minimum absolute atomic E-state index is 0.0343. The van der Waals surface area contributed by atoms with Crippen LogP contribution in [0.4, 0.5) is 0 Å². The number of aryl methyl sites for hydroxylation is 1. The molecule has 0 N–H and O–H groups in total. The molecule has 4 aromatic carbocycles. The van der Waals surface area contributed by atoms with Gasteiger partial charge < -0.3 is 0 Å². The van der Waals surface area contributed by atoms with E-state index in [1.807, 2.05) is 18.3 Å². The van der Waals surface area contributed by atoms with E-state index < -0.39 is 6.04 Å². The number of pyridine rings is 1. The fraction of sp³-hybridized carbons (Fsp3) is 0.147. The molecule has 0 atom stereocenters. The van der Waals surface area contributed by atoms with Gasteiger partial charge in [0.15, 0.2) is 0 Å². The zero-order valence-electron chi connectivity index (χ0n) is 26.2. The standard InChI is InChI=1S/C34H29BrN2/c1-22-18-33(36-21-30(22)25-12-10-24(11-13-25)23-8-6-5-7-9-23)37-31-17-14-26(34(2,3)4)19-29(31)28-16-15-27(35)20-32(28)37/h5-21H,1-4H3/i5D,6D,7D,8D,9D. The van der Waals surface area contributed by atoms with Crippen LogP contribution in [0.3, 0.4) is 0 Å². The monoisotopic (exact) mass is 549 g/mol. The summed E-state index contributed by atoms with van der Waals surface area (Å²) in [6.45, 7) is 8.74. The summed E-state index contributed by atoms with van der Waals surface area (Å²) in [7, 11) is 0. The second kappa shape index (κ2) is 9.00. The van der Waals surface area contributed by atoms with Gasteiger partial charge in [-0.3, -0.25) is 4.57 Å². The molecule has 0 saturated heterocycles. The maximum Gasteiger partial charge on any atom is 0.137 e. The first-order valence-electron chi connectivity index (χ1n) is 14.8. The number of rotatable bonds is 3. The number of halogens is 1. The van der Waals surface area contributed by atoms with Crippen LogP contribution < -0.4 is 0 Å². The van der Waals surface area contributed by atoms with Crippen molar-refractivity contribution in [2.75, 3.05) is 0 Å². The van der Waals surface area contributed by atoms with Crippen LogP contribution in [0.15, 0.2) is 108 Å². The highest BCUT2D eigenvalue weighted by Gasteiger charge is 2.19. The molecule has 2 aromatic heterocycles. The van der Waals surface area contributed by atoms with Gasteiger partial charge in [-0.05, 0) is 70.5 Å². The lowest BCUT2D eigenvalue weighted by atomic mass is 9.86. The molecule has 0 bridgehead atoms. The Morgan fingerprint density at radius 2 is 1.49 bits per heavy atom. The minimum Gasteiger partial charge on any atom is -0.294 e. The molecular formula is C34H29BrN2. The van der Waals surface area contributed by atoms with Crippen LogP contribution in [0.5, 0.6) is 0 Å². The van der Waals surface area contributed by atoms with Crippen LogP contribution >= 0.6 is 15.9 Å². The van der Waals surface area contributed by atoms with E-state index in [2.05, 4.69) is 90.7 Å². The second-order valence-corrected chi connectivity index (χ2v) is 11.3. The molecule has 6 rings (SSSR count). The van der Waals surface area contributed by atoms with E-state index in [1.165, 1.54) is 16.3 Å². The molecule has 2 nitrogen and oxygen atoms in total. The van der Waals surface area contributed by atoms with Gasteiger partial charge in [0.2, 0.25) is 0 Å². The summed E-state index contributed by atoms with van der Waals surface area (Å²) in [6.07, 6.45) is 1.88. The Kier molecular flexibility index (Phi) is 4.51. The van der Waals surface area contributed by atoms with Crippen LogP contribution in [0, 0.1) is 6.92 Å². The molecule has 0 radical (unpaired) electrons. The van der Waals surface area contributed by atoms with E-state index in [1.54, 1.807) is 12.1 Å². The summed E-state index contributed by atoms with van der Waals surface area (Å²) < 4.78 is 43.7. The van der Waals surface area contributed by atoms with Crippen LogP contribution in [-0.4, -0.2) is 9.55 Å². The fourth-order valence-electron chi connectivity index (χ4n) is 4.88. The molecule has 6 aromatic rings. The van der Waals surface area contributed by atoms with E-state index >= 15 is 0 Å². The first-order valence-corrected chi connectivity index (χ1v) is 13.0. The van der Waals surface area contributed by atoms with Crippen molar-refractivity contribution in [1.82, 2.24) is 9.55 Å². The molecular weight excluding hydrogens is 516 g/mol. The second-order valence-electron chi connectivity index (χ2n) is 10.4. The molecule has 0 fully saturated rings. The van der Waals surface area contributed by atoms with Crippen LogP contribution in [-0.2, 0) is 5.41 Å². The molecule has 0 aliphatic carbocycles. The van der Waals surface area contributed by atoms with Crippen LogP contribution in [0.25, 0.3) is 49.9 Å². The zero-order valence-corrected chi connectivity index (χ0v) is 22.8. The number of benzene rings is 4. The lowest BCUT2D eigenvalue weighted by Gasteiger charge is -2.19. The molecule has 37 heavy (non-hydrogen) atoms. The smallest absolute Gasteiger partial charge is 0.137 e. The molecule has 0 aliphatic rings. The predicted octanol–water partition coefficient (Wildman–Crippen LogP) is 9.88. The number of hydrogen-bond acceptors (Lipinski definition) is 1. The maximum absolute atomic E-state index is 8.30. The van der Waals surface area contributed by atoms with E-state index in [0.29, 0.717) is 5.56 Å². The molecule has 3 heteroatoms. The lowest BCUT2D eigenvalue weighted by Crippen LogP contribution is -2.10. The topological polar surface area (TPSA) is 17.8 Å². The van der Waals surface area contributed by atoms with Crippen molar-refractivity contribution >= 4 is 37.7 Å². The highest BCUT2D eigenvalue weighted by molar-refractivity contribution is 9.10. The zero-order chi connectivity index (χ0) is 30.1. The lowest BCUT2D eigenvalue weighted by molar-refractivity contribution is 0.591. The van der Waals surface area contributed by atoms with Gasteiger partial charge in [-0.15, -0.1) is 0 Å². The number of fused-ring (bicyclic) bond motifs is 3.